The number of amides is 3. The average Bonchev–Trinajstić information content (AvgIpc) is 2.38. The summed E-state index contributed by atoms with van der Waals surface area (Å²) < 4.78 is 0. The number of carboxylic acids is 1. The lowest BCUT2D eigenvalue weighted by atomic mass is 10.3. The van der Waals surface area contributed by atoms with Crippen LogP contribution in [0, 0.1) is 0 Å². The number of aliphatic carboxylic acids is 1. The number of pyridine rings is 1. The van der Waals surface area contributed by atoms with Gasteiger partial charge in [0.1, 0.15) is 13.1 Å². The number of carbonyl (C=O) groups is 3. The third kappa shape index (κ3) is 5.80. The minimum Gasteiger partial charge on any atom is -0.480 e. The molecule has 0 spiro atoms. The van der Waals surface area contributed by atoms with Gasteiger partial charge in [0.05, 0.1) is 0 Å². The Kier molecular flexibility index (Phi) is 5.95. The van der Waals surface area contributed by atoms with Gasteiger partial charge in [-0.25, -0.2) is 4.79 Å². The third-order valence-electron chi connectivity index (χ3n) is 2.34. The molecule has 0 aliphatic heterocycles. The van der Waals surface area contributed by atoms with Gasteiger partial charge in [-0.3, -0.25) is 14.6 Å². The Morgan fingerprint density at radius 3 is 2.60 bits per heavy atom. The molecular weight excluding hydrogens is 264 g/mol. The first-order chi connectivity index (χ1) is 9.49. The van der Waals surface area contributed by atoms with Gasteiger partial charge in [-0.05, 0) is 12.1 Å². The van der Waals surface area contributed by atoms with E-state index in [0.29, 0.717) is 6.42 Å². The van der Waals surface area contributed by atoms with E-state index in [-0.39, 0.29) is 6.54 Å². The largest absolute Gasteiger partial charge is 0.480 e. The van der Waals surface area contributed by atoms with Crippen LogP contribution < -0.4 is 11.1 Å². The van der Waals surface area contributed by atoms with Crippen molar-refractivity contribution in [3.63, 3.8) is 0 Å². The van der Waals surface area contributed by atoms with Crippen molar-refractivity contribution in [3.8, 4) is 0 Å². The molecule has 0 saturated carbocycles. The third-order valence-corrected chi connectivity index (χ3v) is 2.34. The molecule has 0 bridgehead atoms. The summed E-state index contributed by atoms with van der Waals surface area (Å²) in [5, 5.41) is 11.2. The molecule has 1 heterocycles. The highest BCUT2D eigenvalue weighted by atomic mass is 16.4. The number of hydrogen-bond donors (Lipinski definition) is 3. The van der Waals surface area contributed by atoms with Crippen LogP contribution in [-0.4, -0.2) is 52.5 Å². The molecule has 1 aromatic heterocycles. The maximum Gasteiger partial charge on any atom is 0.323 e. The molecule has 4 N–H and O–H groups in total. The number of hydrogen-bond acceptors (Lipinski definition) is 4. The summed E-state index contributed by atoms with van der Waals surface area (Å²) in [6.45, 7) is -0.745. The maximum absolute atomic E-state index is 11.7. The summed E-state index contributed by atoms with van der Waals surface area (Å²) in [4.78, 5) is 38.0. The first kappa shape index (κ1) is 15.4. The first-order valence-electron chi connectivity index (χ1n) is 5.92. The van der Waals surface area contributed by atoms with Crippen molar-refractivity contribution in [3.05, 3.63) is 30.1 Å². The number of urea groups is 1. The fourth-order valence-corrected chi connectivity index (χ4v) is 1.51. The Balaban J connectivity index is 2.45. The topological polar surface area (TPSA) is 126 Å². The van der Waals surface area contributed by atoms with E-state index in [4.69, 9.17) is 10.8 Å². The minimum absolute atomic E-state index is 0.282. The summed E-state index contributed by atoms with van der Waals surface area (Å²) in [6.07, 6.45) is 2.14. The summed E-state index contributed by atoms with van der Waals surface area (Å²) >= 11 is 0. The van der Waals surface area contributed by atoms with E-state index in [9.17, 15) is 14.4 Å². The number of nitrogens with zero attached hydrogens (tertiary/aromatic N) is 2. The highest BCUT2D eigenvalue weighted by Crippen LogP contribution is 1.94. The van der Waals surface area contributed by atoms with Crippen LogP contribution in [0.2, 0.25) is 0 Å². The number of carbonyl (C=O) groups excluding carboxylic acids is 2. The predicted molar refractivity (Wildman–Crippen MR) is 69.7 cm³/mol. The van der Waals surface area contributed by atoms with Crippen LogP contribution in [0.4, 0.5) is 4.79 Å². The second-order valence-corrected chi connectivity index (χ2v) is 4.02. The molecule has 108 valence electrons. The van der Waals surface area contributed by atoms with Gasteiger partial charge in [-0.15, -0.1) is 0 Å². The molecule has 0 aliphatic carbocycles. The Bertz CT molecular complexity index is 462. The number of nitrogens with two attached hydrogens (primary N) is 1. The average molecular weight is 280 g/mol. The number of rotatable bonds is 7. The number of carboxylic acid groups (broad SMARTS) is 1. The normalized spacial score (nSPS) is 9.80. The Labute approximate surface area is 115 Å². The molecule has 0 atom stereocenters. The van der Waals surface area contributed by atoms with Crippen molar-refractivity contribution in [2.45, 2.75) is 6.42 Å². The van der Waals surface area contributed by atoms with Crippen molar-refractivity contribution in [2.75, 3.05) is 19.6 Å². The highest BCUT2D eigenvalue weighted by molar-refractivity contribution is 5.85. The van der Waals surface area contributed by atoms with Gasteiger partial charge < -0.3 is 21.1 Å². The smallest absolute Gasteiger partial charge is 0.323 e. The van der Waals surface area contributed by atoms with Crippen molar-refractivity contribution in [1.82, 2.24) is 15.2 Å². The minimum atomic E-state index is -1.22. The predicted octanol–water partition coefficient (Wildman–Crippen LogP) is -0.794. The maximum atomic E-state index is 11.7. The summed E-state index contributed by atoms with van der Waals surface area (Å²) in [5.74, 6) is -1.99. The monoisotopic (exact) mass is 280 g/mol. The molecule has 1 aromatic rings. The molecule has 0 unspecified atom stereocenters. The van der Waals surface area contributed by atoms with Gasteiger partial charge in [0.25, 0.3) is 0 Å². The Morgan fingerprint density at radius 1 is 1.30 bits per heavy atom. The number of nitrogens with one attached hydrogen (secondary N) is 1. The lowest BCUT2D eigenvalue weighted by Gasteiger charge is -2.19. The van der Waals surface area contributed by atoms with Gasteiger partial charge >= 0.3 is 12.0 Å². The van der Waals surface area contributed by atoms with Crippen molar-refractivity contribution < 1.29 is 19.5 Å². The summed E-state index contributed by atoms with van der Waals surface area (Å²) in [6, 6.07) is 4.77. The highest BCUT2D eigenvalue weighted by Gasteiger charge is 2.18. The first-order valence-corrected chi connectivity index (χ1v) is 5.92. The van der Waals surface area contributed by atoms with Gasteiger partial charge in [0, 0.05) is 24.9 Å². The molecule has 8 nitrogen and oxygen atoms in total. The SMILES string of the molecule is NC(=O)CN(CC(=O)O)C(=O)NCCc1ccccn1. The van der Waals surface area contributed by atoms with Gasteiger partial charge in [0.15, 0.2) is 0 Å². The van der Waals surface area contributed by atoms with Crippen LogP contribution in [-0.2, 0) is 16.0 Å². The van der Waals surface area contributed by atoms with Crippen LogP contribution in [0.25, 0.3) is 0 Å². The molecule has 20 heavy (non-hydrogen) atoms. The molecule has 0 saturated heterocycles. The van der Waals surface area contributed by atoms with E-state index in [1.54, 1.807) is 12.3 Å². The Hall–Kier alpha value is -2.64. The summed E-state index contributed by atoms with van der Waals surface area (Å²) in [7, 11) is 0. The van der Waals surface area contributed by atoms with Crippen LogP contribution in [0.5, 0.6) is 0 Å². The molecule has 0 radical (unpaired) electrons. The summed E-state index contributed by atoms with van der Waals surface area (Å²) in [5.41, 5.74) is 5.76. The van der Waals surface area contributed by atoms with Crippen molar-refractivity contribution in [2.24, 2.45) is 5.73 Å². The van der Waals surface area contributed by atoms with Crippen molar-refractivity contribution in [1.29, 1.82) is 0 Å². The van der Waals surface area contributed by atoms with Crippen LogP contribution in [0.3, 0.4) is 0 Å². The van der Waals surface area contributed by atoms with E-state index in [2.05, 4.69) is 10.3 Å². The number of aromatic nitrogens is 1. The lowest BCUT2D eigenvalue weighted by molar-refractivity contribution is -0.137. The van der Waals surface area contributed by atoms with Crippen molar-refractivity contribution >= 4 is 17.9 Å². The van der Waals surface area contributed by atoms with E-state index >= 15 is 0 Å². The van der Waals surface area contributed by atoms with E-state index in [1.165, 1.54) is 0 Å². The molecular formula is C12H16N4O4. The zero-order chi connectivity index (χ0) is 15.0. The second-order valence-electron chi connectivity index (χ2n) is 4.02. The number of primary amides is 1. The molecule has 1 rings (SSSR count). The fourth-order valence-electron chi connectivity index (χ4n) is 1.51. The zero-order valence-corrected chi connectivity index (χ0v) is 10.8. The zero-order valence-electron chi connectivity index (χ0n) is 10.8. The Morgan fingerprint density at radius 2 is 2.05 bits per heavy atom. The lowest BCUT2D eigenvalue weighted by Crippen LogP contribution is -2.47. The molecule has 3 amide bonds. The van der Waals surface area contributed by atoms with Gasteiger partial charge in [0.2, 0.25) is 5.91 Å². The second kappa shape index (κ2) is 7.72. The van der Waals surface area contributed by atoms with Crippen LogP contribution in [0.15, 0.2) is 24.4 Å². The quantitative estimate of drug-likeness (QED) is 0.603. The molecule has 0 aromatic carbocycles. The van der Waals surface area contributed by atoms with E-state index in [1.807, 2.05) is 12.1 Å². The van der Waals surface area contributed by atoms with E-state index in [0.717, 1.165) is 10.6 Å². The molecule has 8 heteroatoms. The van der Waals surface area contributed by atoms with Gasteiger partial charge in [-0.2, -0.15) is 0 Å². The molecule has 0 fully saturated rings. The fraction of sp³-hybridized carbons (Fsp3) is 0.333. The van der Waals surface area contributed by atoms with Crippen LogP contribution >= 0.6 is 0 Å². The van der Waals surface area contributed by atoms with Gasteiger partial charge in [-0.1, -0.05) is 6.07 Å². The molecule has 0 aliphatic rings. The van der Waals surface area contributed by atoms with E-state index < -0.39 is 31.0 Å². The van der Waals surface area contributed by atoms with Crippen LogP contribution in [0.1, 0.15) is 5.69 Å². The standard InChI is InChI=1S/C12H16N4O4/c13-10(17)7-16(8-11(18)19)12(20)15-6-4-9-3-1-2-5-14-9/h1-3,5H,4,6-8H2,(H2,13,17)(H,15,20)(H,18,19).